The molecule has 0 radical (unpaired) electrons. The van der Waals surface area contributed by atoms with E-state index in [1.807, 2.05) is 0 Å². The SMILES string of the molecule is C.C.CC1CCC1.CC1CCOC1. The van der Waals surface area contributed by atoms with Gasteiger partial charge >= 0.3 is 0 Å². The normalized spacial score (nSPS) is 25.8. The van der Waals surface area contributed by atoms with Crippen molar-refractivity contribution in [3.63, 3.8) is 0 Å². The van der Waals surface area contributed by atoms with E-state index >= 15 is 0 Å². The summed E-state index contributed by atoms with van der Waals surface area (Å²) in [6.45, 7) is 6.50. The third kappa shape index (κ3) is 7.06. The molecule has 1 unspecified atom stereocenters. The Bertz CT molecular complexity index is 91.3. The van der Waals surface area contributed by atoms with Gasteiger partial charge < -0.3 is 4.74 Å². The van der Waals surface area contributed by atoms with E-state index in [9.17, 15) is 0 Å². The zero-order valence-corrected chi connectivity index (χ0v) is 7.81. The fraction of sp³-hybridized carbons (Fsp3) is 1.00. The van der Waals surface area contributed by atoms with Gasteiger partial charge in [0.25, 0.3) is 0 Å². The first-order valence-electron chi connectivity index (χ1n) is 4.87. The predicted octanol–water partition coefficient (Wildman–Crippen LogP) is 4.12. The minimum absolute atomic E-state index is 0. The van der Waals surface area contributed by atoms with Crippen molar-refractivity contribution in [3.05, 3.63) is 0 Å². The molecule has 2 aliphatic rings. The van der Waals surface area contributed by atoms with Crippen molar-refractivity contribution >= 4 is 0 Å². The van der Waals surface area contributed by atoms with Crippen molar-refractivity contribution in [2.45, 2.75) is 54.4 Å². The van der Waals surface area contributed by atoms with Crippen LogP contribution in [-0.4, -0.2) is 13.2 Å². The molecule has 0 aromatic rings. The third-order valence-corrected chi connectivity index (χ3v) is 2.55. The average Bonchev–Trinajstić information content (AvgIpc) is 2.36. The molecule has 1 nitrogen and oxygen atoms in total. The van der Waals surface area contributed by atoms with E-state index in [1.165, 1.54) is 25.7 Å². The highest BCUT2D eigenvalue weighted by Crippen LogP contribution is 2.24. The number of hydrogen-bond acceptors (Lipinski definition) is 1. The number of rotatable bonds is 0. The lowest BCUT2D eigenvalue weighted by Gasteiger charge is -2.18. The minimum Gasteiger partial charge on any atom is -0.381 e. The summed E-state index contributed by atoms with van der Waals surface area (Å²) in [7, 11) is 0. The van der Waals surface area contributed by atoms with Gasteiger partial charge in [0, 0.05) is 13.2 Å². The van der Waals surface area contributed by atoms with Gasteiger partial charge in [-0.1, -0.05) is 48.0 Å². The van der Waals surface area contributed by atoms with Crippen LogP contribution in [0.2, 0.25) is 0 Å². The maximum atomic E-state index is 5.06. The Morgan fingerprint density at radius 2 is 1.46 bits per heavy atom. The standard InChI is InChI=1S/C5H10O.C5H10.2CH4/c1-5-2-3-6-4-5;1-5-3-2-4-5;;/h5H,2-4H2,1H3;5H,2-4H2,1H3;2*1H4. The van der Waals surface area contributed by atoms with Crippen molar-refractivity contribution in [1.82, 2.24) is 0 Å². The molecule has 1 atom stereocenters. The van der Waals surface area contributed by atoms with Crippen LogP contribution < -0.4 is 0 Å². The Kier molecular flexibility index (Phi) is 10.2. The summed E-state index contributed by atoms with van der Waals surface area (Å²) in [5.74, 6) is 1.89. The Hall–Kier alpha value is -0.0400. The highest BCUT2D eigenvalue weighted by Gasteiger charge is 2.09. The smallest absolute Gasteiger partial charge is 0.0492 e. The van der Waals surface area contributed by atoms with Crippen LogP contribution in [-0.2, 0) is 4.74 Å². The largest absolute Gasteiger partial charge is 0.381 e. The maximum Gasteiger partial charge on any atom is 0.0492 e. The molecule has 0 N–H and O–H groups in total. The van der Waals surface area contributed by atoms with Crippen LogP contribution >= 0.6 is 0 Å². The quantitative estimate of drug-likeness (QED) is 0.555. The summed E-state index contributed by atoms with van der Waals surface area (Å²) in [4.78, 5) is 0. The van der Waals surface area contributed by atoms with Crippen molar-refractivity contribution in [3.8, 4) is 0 Å². The zero-order valence-electron chi connectivity index (χ0n) is 7.81. The first-order chi connectivity index (χ1) is 5.29. The molecule has 1 saturated carbocycles. The van der Waals surface area contributed by atoms with Crippen LogP contribution in [0, 0.1) is 11.8 Å². The molecule has 82 valence electrons. The van der Waals surface area contributed by atoms with E-state index in [0.717, 1.165) is 25.0 Å². The second-order valence-electron chi connectivity index (χ2n) is 4.00. The first kappa shape index (κ1) is 15.4. The van der Waals surface area contributed by atoms with E-state index in [-0.39, 0.29) is 14.9 Å². The fourth-order valence-corrected chi connectivity index (χ4v) is 1.26. The van der Waals surface area contributed by atoms with Crippen LogP contribution in [0.5, 0.6) is 0 Å². The van der Waals surface area contributed by atoms with Gasteiger partial charge in [0.2, 0.25) is 0 Å². The Balaban J connectivity index is 0. The number of hydrogen-bond donors (Lipinski definition) is 0. The van der Waals surface area contributed by atoms with E-state index in [1.54, 1.807) is 0 Å². The van der Waals surface area contributed by atoms with Gasteiger partial charge in [-0.2, -0.15) is 0 Å². The molecule has 13 heavy (non-hydrogen) atoms. The van der Waals surface area contributed by atoms with Gasteiger partial charge in [0.05, 0.1) is 0 Å². The average molecular weight is 188 g/mol. The van der Waals surface area contributed by atoms with E-state index in [2.05, 4.69) is 13.8 Å². The first-order valence-corrected chi connectivity index (χ1v) is 4.87. The molecular formula is C12H28O. The predicted molar refractivity (Wildman–Crippen MR) is 61.1 cm³/mol. The van der Waals surface area contributed by atoms with Crippen LogP contribution in [0.25, 0.3) is 0 Å². The van der Waals surface area contributed by atoms with Crippen LogP contribution in [0.3, 0.4) is 0 Å². The maximum absolute atomic E-state index is 5.06. The molecule has 1 aliphatic carbocycles. The Morgan fingerprint density at radius 1 is 0.923 bits per heavy atom. The summed E-state index contributed by atoms with van der Waals surface area (Å²) in [6.07, 6.45) is 5.72. The molecule has 0 bridgehead atoms. The zero-order chi connectivity index (χ0) is 8.10. The lowest BCUT2D eigenvalue weighted by Crippen LogP contribution is -2.04. The highest BCUT2D eigenvalue weighted by molar-refractivity contribution is 4.62. The summed E-state index contributed by atoms with van der Waals surface area (Å²) in [5.41, 5.74) is 0. The van der Waals surface area contributed by atoms with Crippen molar-refractivity contribution < 1.29 is 4.74 Å². The van der Waals surface area contributed by atoms with Gasteiger partial charge in [-0.3, -0.25) is 0 Å². The Morgan fingerprint density at radius 3 is 1.54 bits per heavy atom. The molecule has 0 aromatic carbocycles. The van der Waals surface area contributed by atoms with Crippen LogP contribution in [0.15, 0.2) is 0 Å². The van der Waals surface area contributed by atoms with Crippen LogP contribution in [0.1, 0.15) is 54.4 Å². The molecule has 2 fully saturated rings. The summed E-state index contributed by atoms with van der Waals surface area (Å²) in [6, 6.07) is 0. The molecule has 0 spiro atoms. The molecule has 2 rings (SSSR count). The molecular weight excluding hydrogens is 160 g/mol. The second kappa shape index (κ2) is 8.55. The fourth-order valence-electron chi connectivity index (χ4n) is 1.26. The van der Waals surface area contributed by atoms with Crippen LogP contribution in [0.4, 0.5) is 0 Å². The monoisotopic (exact) mass is 188 g/mol. The van der Waals surface area contributed by atoms with Gasteiger partial charge in [-0.15, -0.1) is 0 Å². The topological polar surface area (TPSA) is 9.23 Å². The summed E-state index contributed by atoms with van der Waals surface area (Å²) < 4.78 is 5.06. The van der Waals surface area contributed by atoms with Gasteiger partial charge in [-0.25, -0.2) is 0 Å². The van der Waals surface area contributed by atoms with Gasteiger partial charge in [-0.05, 0) is 18.3 Å². The molecule has 1 heteroatoms. The van der Waals surface area contributed by atoms with Crippen molar-refractivity contribution in [2.24, 2.45) is 11.8 Å². The molecule has 1 aliphatic heterocycles. The number of ether oxygens (including phenoxy) is 1. The van der Waals surface area contributed by atoms with E-state index in [4.69, 9.17) is 4.74 Å². The lowest BCUT2D eigenvalue weighted by molar-refractivity contribution is 0.188. The van der Waals surface area contributed by atoms with Gasteiger partial charge in [0.1, 0.15) is 0 Å². The summed E-state index contributed by atoms with van der Waals surface area (Å²) >= 11 is 0. The molecule has 1 heterocycles. The Labute approximate surface area is 84.9 Å². The second-order valence-corrected chi connectivity index (χ2v) is 4.00. The lowest BCUT2D eigenvalue weighted by atomic mass is 9.88. The highest BCUT2D eigenvalue weighted by atomic mass is 16.5. The van der Waals surface area contributed by atoms with E-state index < -0.39 is 0 Å². The van der Waals surface area contributed by atoms with Crippen molar-refractivity contribution in [1.29, 1.82) is 0 Å². The van der Waals surface area contributed by atoms with Crippen molar-refractivity contribution in [2.75, 3.05) is 13.2 Å². The molecule has 1 saturated heterocycles. The van der Waals surface area contributed by atoms with Gasteiger partial charge in [0.15, 0.2) is 0 Å². The third-order valence-electron chi connectivity index (χ3n) is 2.55. The molecule has 0 aromatic heterocycles. The minimum atomic E-state index is 0. The van der Waals surface area contributed by atoms with E-state index in [0.29, 0.717) is 0 Å². The molecule has 0 amide bonds. The summed E-state index contributed by atoms with van der Waals surface area (Å²) in [5, 5.41) is 0.